The van der Waals surface area contributed by atoms with Gasteiger partial charge in [-0.25, -0.2) is 0 Å². The van der Waals surface area contributed by atoms with Crippen LogP contribution in [0.5, 0.6) is 0 Å². The van der Waals surface area contributed by atoms with Crippen LogP contribution in [0.2, 0.25) is 18.8 Å². The molecule has 5 nitrogen and oxygen atoms in total. The Morgan fingerprint density at radius 2 is 2.00 bits per heavy atom. The molecule has 1 aliphatic carbocycles. The van der Waals surface area contributed by atoms with E-state index in [4.69, 9.17) is 14.6 Å². The molecule has 2 aliphatic rings. The van der Waals surface area contributed by atoms with Crippen molar-refractivity contribution in [1.82, 2.24) is 5.01 Å². The summed E-state index contributed by atoms with van der Waals surface area (Å²) < 4.78 is 11.0. The van der Waals surface area contributed by atoms with Crippen LogP contribution in [0.1, 0.15) is 38.5 Å². The molecular weight excluding hydrogens is 411 g/mol. The van der Waals surface area contributed by atoms with Crippen molar-refractivity contribution in [2.24, 2.45) is 11.0 Å². The minimum atomic E-state index is -2.14. The Bertz CT molecular complexity index is 462. The second kappa shape index (κ2) is 8.88. The number of rotatable bonds is 6. The molecule has 0 spiro atoms. The summed E-state index contributed by atoms with van der Waals surface area (Å²) in [7, 11) is 3.25. The van der Waals surface area contributed by atoms with E-state index < -0.39 is 18.4 Å². The number of hydrogen-bond acceptors (Lipinski definition) is 5. The third-order valence-electron chi connectivity index (χ3n) is 5.55. The third-order valence-corrected chi connectivity index (χ3v) is 13.9. The quantitative estimate of drug-likeness (QED) is 0.464. The molecule has 1 heterocycles. The predicted octanol–water partition coefficient (Wildman–Crippen LogP) is 3.52. The van der Waals surface area contributed by atoms with Gasteiger partial charge in [-0.2, -0.15) is 0 Å². The molecule has 0 aromatic carbocycles. The second-order valence-electron chi connectivity index (χ2n) is 8.26. The second-order valence-corrected chi connectivity index (χ2v) is 23.9. The molecule has 1 aliphatic heterocycles. The van der Waals surface area contributed by atoms with Crippen molar-refractivity contribution in [1.29, 1.82) is 0 Å². The molecule has 1 saturated heterocycles. The first kappa shape index (κ1) is 20.0. The van der Waals surface area contributed by atoms with Crippen molar-refractivity contribution < 1.29 is 14.3 Å². The van der Waals surface area contributed by atoms with Gasteiger partial charge in [-0.15, -0.1) is 0 Å². The first-order chi connectivity index (χ1) is 11.4. The van der Waals surface area contributed by atoms with E-state index in [1.165, 1.54) is 32.1 Å². The molecule has 0 unspecified atom stereocenters. The van der Waals surface area contributed by atoms with E-state index in [1.54, 1.807) is 7.11 Å². The molecule has 0 aromatic heterocycles. The number of methoxy groups -OCH3 is 2. The van der Waals surface area contributed by atoms with E-state index in [0.29, 0.717) is 16.4 Å². The van der Waals surface area contributed by atoms with E-state index >= 15 is 0 Å². The summed E-state index contributed by atoms with van der Waals surface area (Å²) in [6.07, 6.45) is 6.30. The van der Waals surface area contributed by atoms with Crippen LogP contribution in [0.4, 0.5) is 0 Å². The molecule has 1 saturated carbocycles. The van der Waals surface area contributed by atoms with Crippen LogP contribution in [0, 0.1) is 5.92 Å². The minimum absolute atomic E-state index is 0.0926. The molecule has 0 amide bonds. The molecular formula is C18H34N2O3Sn. The standard InChI is InChI=1S/C15H25N2O3.3CH3.Sn/c1-19-11-13-7-5-9-17(13)16-14-8-4-3-6-12(14)10-15(18)20-2;;;;/h6,12-13H,3-5,7-11H2,1-2H3;3*1H3;/b16-14+;;;;/t12-,13-;;;;/m0..../s1. The Morgan fingerprint density at radius 3 is 2.62 bits per heavy atom. The van der Waals surface area contributed by atoms with Crippen molar-refractivity contribution in [2.45, 2.75) is 63.3 Å². The summed E-state index contributed by atoms with van der Waals surface area (Å²) in [4.78, 5) is 19.5. The van der Waals surface area contributed by atoms with E-state index in [2.05, 4.69) is 19.8 Å². The first-order valence-electron chi connectivity index (χ1n) is 9.26. The fourth-order valence-electron chi connectivity index (χ4n) is 4.28. The number of hydrazone groups is 1. The third kappa shape index (κ3) is 5.10. The molecule has 0 aromatic rings. The summed E-state index contributed by atoms with van der Waals surface area (Å²) >= 11 is -2.14. The summed E-state index contributed by atoms with van der Waals surface area (Å²) in [5.41, 5.74) is 1.24. The fourth-order valence-corrected chi connectivity index (χ4v) is 11.7. The van der Waals surface area contributed by atoms with Gasteiger partial charge in [0.15, 0.2) is 0 Å². The predicted molar refractivity (Wildman–Crippen MR) is 100 cm³/mol. The number of ether oxygens (including phenoxy) is 2. The number of carbonyl (C=O) groups is 1. The molecule has 24 heavy (non-hydrogen) atoms. The first-order valence-corrected chi connectivity index (χ1v) is 19.5. The normalized spacial score (nSPS) is 30.0. The number of nitrogens with zero attached hydrogens (tertiary/aromatic N) is 2. The van der Waals surface area contributed by atoms with Crippen molar-refractivity contribution in [3.63, 3.8) is 0 Å². The van der Waals surface area contributed by atoms with Crippen LogP contribution in [0.3, 0.4) is 0 Å². The Hall–Kier alpha value is -0.301. The average molecular weight is 445 g/mol. The molecule has 0 N–H and O–H groups in total. The van der Waals surface area contributed by atoms with Gasteiger partial charge in [0.25, 0.3) is 0 Å². The molecule has 2 rings (SSSR count). The van der Waals surface area contributed by atoms with Crippen LogP contribution >= 0.6 is 0 Å². The number of hydrogen-bond donors (Lipinski definition) is 0. The van der Waals surface area contributed by atoms with Crippen LogP contribution < -0.4 is 0 Å². The maximum absolute atomic E-state index is 12.0. The molecule has 3 atom stereocenters. The Labute approximate surface area is 151 Å². The van der Waals surface area contributed by atoms with Gasteiger partial charge in [0, 0.05) is 0 Å². The van der Waals surface area contributed by atoms with E-state index in [-0.39, 0.29) is 11.9 Å². The van der Waals surface area contributed by atoms with Crippen molar-refractivity contribution in [3.8, 4) is 0 Å². The van der Waals surface area contributed by atoms with Crippen molar-refractivity contribution >= 4 is 30.1 Å². The van der Waals surface area contributed by atoms with Crippen LogP contribution in [-0.4, -0.2) is 68.5 Å². The van der Waals surface area contributed by atoms with Gasteiger partial charge in [0.05, 0.1) is 0 Å². The Balaban J connectivity index is 2.23. The summed E-state index contributed by atoms with van der Waals surface area (Å²) in [6, 6.07) is 0.389. The SMILES string of the molecule is COC[C@@H]1CCCN1/N=C1\CCC[C@H]([Sn]([CH3])([CH3])[CH3])[C@H]1CC(=O)OC. The van der Waals surface area contributed by atoms with Crippen molar-refractivity contribution in [2.75, 3.05) is 27.4 Å². The van der Waals surface area contributed by atoms with Gasteiger partial charge in [0.1, 0.15) is 0 Å². The zero-order chi connectivity index (χ0) is 17.7. The fraction of sp³-hybridized carbons (Fsp3) is 0.889. The van der Waals surface area contributed by atoms with Gasteiger partial charge in [-0.05, 0) is 0 Å². The zero-order valence-corrected chi connectivity index (χ0v) is 18.9. The van der Waals surface area contributed by atoms with E-state index in [0.717, 1.165) is 26.0 Å². The average Bonchev–Trinajstić information content (AvgIpc) is 2.95. The monoisotopic (exact) mass is 446 g/mol. The zero-order valence-electron chi connectivity index (χ0n) is 16.0. The number of esters is 1. The van der Waals surface area contributed by atoms with Crippen LogP contribution in [0.15, 0.2) is 5.10 Å². The molecule has 2 fully saturated rings. The van der Waals surface area contributed by atoms with Gasteiger partial charge in [-0.3, -0.25) is 0 Å². The topological polar surface area (TPSA) is 51.1 Å². The Kier molecular flexibility index (Phi) is 7.40. The van der Waals surface area contributed by atoms with Crippen molar-refractivity contribution in [3.05, 3.63) is 0 Å². The van der Waals surface area contributed by atoms with Gasteiger partial charge >= 0.3 is 151 Å². The van der Waals surface area contributed by atoms with Gasteiger partial charge in [0.2, 0.25) is 0 Å². The Morgan fingerprint density at radius 1 is 1.25 bits per heavy atom. The summed E-state index contributed by atoms with van der Waals surface area (Å²) in [5, 5.41) is 7.29. The number of carbonyl (C=O) groups excluding carboxylic acids is 1. The molecule has 0 radical (unpaired) electrons. The van der Waals surface area contributed by atoms with Gasteiger partial charge in [-0.1, -0.05) is 0 Å². The summed E-state index contributed by atoms with van der Waals surface area (Å²) in [6.45, 7) is 1.74. The molecule has 0 bridgehead atoms. The van der Waals surface area contributed by atoms with Crippen LogP contribution in [-0.2, 0) is 14.3 Å². The molecule has 6 heteroatoms. The maximum atomic E-state index is 12.0. The van der Waals surface area contributed by atoms with Crippen LogP contribution in [0.25, 0.3) is 0 Å². The molecule has 138 valence electrons. The van der Waals surface area contributed by atoms with E-state index in [9.17, 15) is 4.79 Å². The van der Waals surface area contributed by atoms with Gasteiger partial charge < -0.3 is 0 Å². The summed E-state index contributed by atoms with van der Waals surface area (Å²) in [5.74, 6) is 0.191. The van der Waals surface area contributed by atoms with E-state index in [1.807, 2.05) is 0 Å².